The Labute approximate surface area is 107 Å². The Kier molecular flexibility index (Phi) is 5.40. The van der Waals surface area contributed by atoms with Crippen LogP contribution in [0.4, 0.5) is 4.79 Å². The molecule has 0 radical (unpaired) electrons. The highest BCUT2D eigenvalue weighted by molar-refractivity contribution is 5.75. The van der Waals surface area contributed by atoms with Crippen molar-refractivity contribution >= 4 is 12.0 Å². The average Bonchev–Trinajstić information content (AvgIpc) is 2.32. The molecule has 1 saturated heterocycles. The largest absolute Gasteiger partial charge is 0.479 e. The van der Waals surface area contributed by atoms with Gasteiger partial charge in [0.05, 0.1) is 0 Å². The van der Waals surface area contributed by atoms with Crippen molar-refractivity contribution in [3.8, 4) is 0 Å². The lowest BCUT2D eigenvalue weighted by Crippen LogP contribution is -2.50. The second-order valence-electron chi connectivity index (χ2n) is 4.93. The van der Waals surface area contributed by atoms with Gasteiger partial charge < -0.3 is 20.4 Å². The quantitative estimate of drug-likeness (QED) is 0.690. The Balaban J connectivity index is 2.34. The SMILES string of the molecule is CC1CCCN(C(=O)NCCC(O)C(=O)O)C1C. The molecule has 1 rings (SSSR count). The second kappa shape index (κ2) is 6.58. The number of hydrogen-bond donors (Lipinski definition) is 3. The van der Waals surface area contributed by atoms with Crippen LogP contribution in [0.1, 0.15) is 33.1 Å². The van der Waals surface area contributed by atoms with E-state index in [0.717, 1.165) is 19.4 Å². The lowest BCUT2D eigenvalue weighted by atomic mass is 9.92. The number of hydrogen-bond acceptors (Lipinski definition) is 3. The first-order chi connectivity index (χ1) is 8.43. The van der Waals surface area contributed by atoms with E-state index in [9.17, 15) is 9.59 Å². The van der Waals surface area contributed by atoms with Gasteiger partial charge >= 0.3 is 12.0 Å². The van der Waals surface area contributed by atoms with E-state index in [1.54, 1.807) is 4.90 Å². The minimum absolute atomic E-state index is 0.0266. The molecule has 3 atom stereocenters. The van der Waals surface area contributed by atoms with Crippen LogP contribution in [0.5, 0.6) is 0 Å². The first kappa shape index (κ1) is 14.8. The summed E-state index contributed by atoms with van der Waals surface area (Å²) in [6.45, 7) is 5.05. The number of piperidine rings is 1. The maximum Gasteiger partial charge on any atom is 0.332 e. The van der Waals surface area contributed by atoms with Crippen LogP contribution >= 0.6 is 0 Å². The molecule has 1 aliphatic heterocycles. The molecule has 0 aromatic carbocycles. The van der Waals surface area contributed by atoms with E-state index in [1.165, 1.54) is 0 Å². The molecule has 6 nitrogen and oxygen atoms in total. The molecule has 104 valence electrons. The van der Waals surface area contributed by atoms with Crippen LogP contribution in [-0.2, 0) is 4.79 Å². The van der Waals surface area contributed by atoms with Gasteiger partial charge in [0, 0.05) is 25.6 Å². The van der Waals surface area contributed by atoms with E-state index in [2.05, 4.69) is 12.2 Å². The van der Waals surface area contributed by atoms with Crippen molar-refractivity contribution in [2.24, 2.45) is 5.92 Å². The highest BCUT2D eigenvalue weighted by Crippen LogP contribution is 2.22. The zero-order valence-corrected chi connectivity index (χ0v) is 10.9. The molecule has 6 heteroatoms. The number of aliphatic hydroxyl groups excluding tert-OH is 1. The zero-order chi connectivity index (χ0) is 13.7. The van der Waals surface area contributed by atoms with Crippen LogP contribution in [0.3, 0.4) is 0 Å². The van der Waals surface area contributed by atoms with Crippen molar-refractivity contribution in [3.05, 3.63) is 0 Å². The van der Waals surface area contributed by atoms with Crippen LogP contribution in [0.15, 0.2) is 0 Å². The van der Waals surface area contributed by atoms with Crippen LogP contribution in [-0.4, -0.2) is 52.3 Å². The summed E-state index contributed by atoms with van der Waals surface area (Å²) in [5.74, 6) is -0.779. The lowest BCUT2D eigenvalue weighted by Gasteiger charge is -2.37. The number of carbonyl (C=O) groups excluding carboxylic acids is 1. The fourth-order valence-electron chi connectivity index (χ4n) is 2.16. The van der Waals surface area contributed by atoms with Gasteiger partial charge in [-0.1, -0.05) is 6.92 Å². The average molecular weight is 258 g/mol. The van der Waals surface area contributed by atoms with Gasteiger partial charge in [-0.25, -0.2) is 9.59 Å². The summed E-state index contributed by atoms with van der Waals surface area (Å²) in [4.78, 5) is 24.1. The summed E-state index contributed by atoms with van der Waals surface area (Å²) in [5, 5.41) is 20.2. The summed E-state index contributed by atoms with van der Waals surface area (Å²) in [7, 11) is 0. The molecule has 1 fully saturated rings. The number of aliphatic carboxylic acids is 1. The third-order valence-electron chi connectivity index (χ3n) is 3.61. The molecule has 18 heavy (non-hydrogen) atoms. The molecule has 0 aliphatic carbocycles. The number of aliphatic hydroxyl groups is 1. The van der Waals surface area contributed by atoms with E-state index in [1.807, 2.05) is 6.92 Å². The molecular formula is C12H22N2O4. The number of amides is 2. The van der Waals surface area contributed by atoms with Gasteiger partial charge in [0.15, 0.2) is 6.10 Å². The van der Waals surface area contributed by atoms with Gasteiger partial charge in [0.25, 0.3) is 0 Å². The van der Waals surface area contributed by atoms with Crippen LogP contribution in [0.25, 0.3) is 0 Å². The second-order valence-corrected chi connectivity index (χ2v) is 4.93. The number of carbonyl (C=O) groups is 2. The molecular weight excluding hydrogens is 236 g/mol. The summed E-state index contributed by atoms with van der Waals surface area (Å²) in [6.07, 6.45) is 0.737. The van der Waals surface area contributed by atoms with Crippen molar-refractivity contribution in [1.82, 2.24) is 10.2 Å². The zero-order valence-electron chi connectivity index (χ0n) is 10.9. The number of urea groups is 1. The molecule has 2 amide bonds. The van der Waals surface area contributed by atoms with Crippen molar-refractivity contribution in [2.75, 3.05) is 13.1 Å². The van der Waals surface area contributed by atoms with Gasteiger partial charge in [-0.2, -0.15) is 0 Å². The fraction of sp³-hybridized carbons (Fsp3) is 0.833. The smallest absolute Gasteiger partial charge is 0.332 e. The van der Waals surface area contributed by atoms with Gasteiger partial charge in [-0.05, 0) is 25.7 Å². The third kappa shape index (κ3) is 3.87. The molecule has 0 bridgehead atoms. The van der Waals surface area contributed by atoms with Crippen molar-refractivity contribution in [1.29, 1.82) is 0 Å². The molecule has 0 aromatic rings. The van der Waals surface area contributed by atoms with Crippen LogP contribution in [0.2, 0.25) is 0 Å². The monoisotopic (exact) mass is 258 g/mol. The molecule has 3 unspecified atom stereocenters. The summed E-state index contributed by atoms with van der Waals surface area (Å²) in [6, 6.07) is 0.0229. The Morgan fingerprint density at radius 2 is 2.11 bits per heavy atom. The van der Waals surface area contributed by atoms with E-state index >= 15 is 0 Å². The minimum Gasteiger partial charge on any atom is -0.479 e. The van der Waals surface area contributed by atoms with Gasteiger partial charge in [0.1, 0.15) is 0 Å². The first-order valence-corrected chi connectivity index (χ1v) is 6.38. The van der Waals surface area contributed by atoms with Crippen LogP contribution < -0.4 is 5.32 Å². The predicted molar refractivity (Wildman–Crippen MR) is 66.2 cm³/mol. The van der Waals surface area contributed by atoms with E-state index in [-0.39, 0.29) is 25.0 Å². The standard InChI is InChI=1S/C12H22N2O4/c1-8-4-3-7-14(9(8)2)12(18)13-6-5-10(15)11(16)17/h8-10,15H,3-7H2,1-2H3,(H,13,18)(H,16,17). The van der Waals surface area contributed by atoms with Gasteiger partial charge in [-0.15, -0.1) is 0 Å². The van der Waals surface area contributed by atoms with Crippen molar-refractivity contribution in [3.63, 3.8) is 0 Å². The molecule has 0 aromatic heterocycles. The Morgan fingerprint density at radius 3 is 2.72 bits per heavy atom. The Bertz CT molecular complexity index is 308. The van der Waals surface area contributed by atoms with E-state index < -0.39 is 12.1 Å². The van der Waals surface area contributed by atoms with Crippen molar-refractivity contribution in [2.45, 2.75) is 45.3 Å². The summed E-state index contributed by atoms with van der Waals surface area (Å²) < 4.78 is 0. The van der Waals surface area contributed by atoms with Gasteiger partial charge in [-0.3, -0.25) is 0 Å². The highest BCUT2D eigenvalue weighted by atomic mass is 16.4. The lowest BCUT2D eigenvalue weighted by molar-refractivity contribution is -0.146. The number of likely N-dealkylation sites (tertiary alicyclic amines) is 1. The molecule has 3 N–H and O–H groups in total. The van der Waals surface area contributed by atoms with Gasteiger partial charge in [0.2, 0.25) is 0 Å². The van der Waals surface area contributed by atoms with Crippen molar-refractivity contribution < 1.29 is 19.8 Å². The fourth-order valence-corrected chi connectivity index (χ4v) is 2.16. The Hall–Kier alpha value is -1.30. The third-order valence-corrected chi connectivity index (χ3v) is 3.61. The van der Waals surface area contributed by atoms with Crippen LogP contribution in [0, 0.1) is 5.92 Å². The first-order valence-electron chi connectivity index (χ1n) is 6.38. The number of rotatable bonds is 4. The minimum atomic E-state index is -1.41. The molecule has 1 aliphatic rings. The summed E-state index contributed by atoms with van der Waals surface area (Å²) in [5.41, 5.74) is 0. The molecule has 1 heterocycles. The van der Waals surface area contributed by atoms with E-state index in [0.29, 0.717) is 5.92 Å². The molecule has 0 saturated carbocycles. The Morgan fingerprint density at radius 1 is 1.44 bits per heavy atom. The van der Waals surface area contributed by atoms with E-state index in [4.69, 9.17) is 10.2 Å². The normalized spacial score (nSPS) is 25.6. The summed E-state index contributed by atoms with van der Waals surface area (Å²) >= 11 is 0. The molecule has 0 spiro atoms. The maximum atomic E-state index is 11.9. The number of nitrogens with one attached hydrogen (secondary N) is 1. The number of nitrogens with zero attached hydrogens (tertiary/aromatic N) is 1. The maximum absolute atomic E-state index is 11.9. The number of carboxylic acid groups (broad SMARTS) is 1. The highest BCUT2D eigenvalue weighted by Gasteiger charge is 2.28. The topological polar surface area (TPSA) is 89.9 Å². The predicted octanol–water partition coefficient (Wildman–Crippen LogP) is 0.652. The number of carboxylic acids is 1.